The molecule has 1 fully saturated rings. The van der Waals surface area contributed by atoms with Crippen LogP contribution in [-0.2, 0) is 4.79 Å². The number of aliphatic hydroxyl groups is 1. The smallest absolute Gasteiger partial charge is 0.264 e. The van der Waals surface area contributed by atoms with E-state index < -0.39 is 6.04 Å². The Morgan fingerprint density at radius 2 is 2.33 bits per heavy atom. The average molecular weight is 310 g/mol. The van der Waals surface area contributed by atoms with Crippen molar-refractivity contribution < 1.29 is 14.7 Å². The van der Waals surface area contributed by atoms with Gasteiger partial charge in [-0.25, -0.2) is 0 Å². The number of likely N-dealkylation sites (tertiary alicyclic amines) is 1. The molecule has 1 aliphatic rings. The van der Waals surface area contributed by atoms with E-state index in [1.54, 1.807) is 11.0 Å². The van der Waals surface area contributed by atoms with E-state index in [2.05, 4.69) is 5.32 Å². The molecule has 1 aromatic rings. The quantitative estimate of drug-likeness (QED) is 0.868. The summed E-state index contributed by atoms with van der Waals surface area (Å²) < 4.78 is 0. The Bertz CT molecular complexity index is 471. The van der Waals surface area contributed by atoms with E-state index in [1.165, 1.54) is 11.3 Å². The average Bonchev–Trinajstić information content (AvgIpc) is 3.06. The third kappa shape index (κ3) is 3.83. The zero-order valence-corrected chi connectivity index (χ0v) is 13.1. The largest absolute Gasteiger partial charge is 0.394 e. The summed E-state index contributed by atoms with van der Waals surface area (Å²) in [4.78, 5) is 27.3. The fraction of sp³-hybridized carbons (Fsp3) is 0.600. The first-order chi connectivity index (χ1) is 10.2. The first-order valence-electron chi connectivity index (χ1n) is 7.43. The maximum Gasteiger partial charge on any atom is 0.264 e. The van der Waals surface area contributed by atoms with Crippen molar-refractivity contribution in [2.45, 2.75) is 44.7 Å². The third-order valence-electron chi connectivity index (χ3n) is 3.86. The van der Waals surface area contributed by atoms with Crippen molar-refractivity contribution >= 4 is 23.2 Å². The lowest BCUT2D eigenvalue weighted by molar-refractivity contribution is -0.127. The summed E-state index contributed by atoms with van der Waals surface area (Å²) in [5.74, 6) is -0.220. The summed E-state index contributed by atoms with van der Waals surface area (Å²) in [5.41, 5.74) is 0. The molecular weight excluding hydrogens is 288 g/mol. The van der Waals surface area contributed by atoms with Gasteiger partial charge in [0.15, 0.2) is 0 Å². The van der Waals surface area contributed by atoms with Gasteiger partial charge in [0.2, 0.25) is 5.91 Å². The molecule has 2 heterocycles. The second kappa shape index (κ2) is 7.56. The molecule has 116 valence electrons. The number of nitrogens with one attached hydrogen (secondary N) is 1. The molecule has 0 aromatic carbocycles. The topological polar surface area (TPSA) is 69.6 Å². The first kappa shape index (κ1) is 16.0. The van der Waals surface area contributed by atoms with Gasteiger partial charge in [-0.1, -0.05) is 13.0 Å². The van der Waals surface area contributed by atoms with Crippen molar-refractivity contribution in [3.05, 3.63) is 22.4 Å². The molecule has 1 saturated heterocycles. The van der Waals surface area contributed by atoms with E-state index in [4.69, 9.17) is 0 Å². The van der Waals surface area contributed by atoms with E-state index in [0.29, 0.717) is 24.3 Å². The van der Waals surface area contributed by atoms with Crippen molar-refractivity contribution in [3.8, 4) is 0 Å². The molecule has 2 N–H and O–H groups in total. The van der Waals surface area contributed by atoms with Crippen LogP contribution in [-0.4, -0.2) is 47.1 Å². The molecule has 2 amide bonds. The van der Waals surface area contributed by atoms with Crippen LogP contribution in [0, 0.1) is 0 Å². The highest BCUT2D eigenvalue weighted by Gasteiger charge is 2.33. The summed E-state index contributed by atoms with van der Waals surface area (Å²) in [6.45, 7) is 2.45. The fourth-order valence-corrected chi connectivity index (χ4v) is 3.24. The van der Waals surface area contributed by atoms with Crippen LogP contribution in [0.1, 0.15) is 42.3 Å². The number of piperidine rings is 1. The second-order valence-corrected chi connectivity index (χ2v) is 6.23. The lowest BCUT2D eigenvalue weighted by Crippen LogP contribution is -2.54. The summed E-state index contributed by atoms with van der Waals surface area (Å²) in [7, 11) is 0. The van der Waals surface area contributed by atoms with Gasteiger partial charge >= 0.3 is 0 Å². The van der Waals surface area contributed by atoms with Crippen LogP contribution in [0.15, 0.2) is 17.5 Å². The van der Waals surface area contributed by atoms with Crippen molar-refractivity contribution in [2.24, 2.45) is 0 Å². The van der Waals surface area contributed by atoms with Crippen molar-refractivity contribution in [3.63, 3.8) is 0 Å². The van der Waals surface area contributed by atoms with Gasteiger partial charge < -0.3 is 15.3 Å². The summed E-state index contributed by atoms with van der Waals surface area (Å²) in [6.07, 6.45) is 3.24. The van der Waals surface area contributed by atoms with Crippen molar-refractivity contribution in [1.29, 1.82) is 0 Å². The van der Waals surface area contributed by atoms with Crippen LogP contribution in [0.25, 0.3) is 0 Å². The Hall–Kier alpha value is -1.40. The molecule has 5 nitrogen and oxygen atoms in total. The van der Waals surface area contributed by atoms with Gasteiger partial charge in [0.25, 0.3) is 5.91 Å². The van der Waals surface area contributed by atoms with Gasteiger partial charge in [-0.15, -0.1) is 11.3 Å². The predicted molar refractivity (Wildman–Crippen MR) is 82.3 cm³/mol. The molecule has 1 aliphatic heterocycles. The first-order valence-corrected chi connectivity index (χ1v) is 8.31. The molecule has 0 saturated carbocycles. The highest BCUT2D eigenvalue weighted by molar-refractivity contribution is 7.12. The Morgan fingerprint density at radius 1 is 1.52 bits per heavy atom. The van der Waals surface area contributed by atoms with E-state index >= 15 is 0 Å². The Balaban J connectivity index is 2.08. The second-order valence-electron chi connectivity index (χ2n) is 5.28. The number of hydrogen-bond acceptors (Lipinski definition) is 4. The summed E-state index contributed by atoms with van der Waals surface area (Å²) in [6, 6.07) is 2.97. The molecule has 6 heteroatoms. The predicted octanol–water partition coefficient (Wildman–Crippen LogP) is 1.63. The molecule has 2 rings (SSSR count). The maximum absolute atomic E-state index is 12.5. The molecule has 0 radical (unpaired) electrons. The monoisotopic (exact) mass is 310 g/mol. The van der Waals surface area contributed by atoms with Gasteiger partial charge in [-0.3, -0.25) is 9.59 Å². The highest BCUT2D eigenvalue weighted by Crippen LogP contribution is 2.22. The summed E-state index contributed by atoms with van der Waals surface area (Å²) >= 11 is 1.40. The standard InChI is InChI=1S/C15H22N2O3S/c1-2-11(10-18)16-14(19)12-6-3-4-8-17(12)15(20)13-7-5-9-21-13/h5,7,9,11-12,18H,2-4,6,8,10H2,1H3,(H,16,19). The number of rotatable bonds is 5. The molecule has 2 atom stereocenters. The van der Waals surface area contributed by atoms with E-state index in [-0.39, 0.29) is 24.5 Å². The van der Waals surface area contributed by atoms with Crippen LogP contribution >= 0.6 is 11.3 Å². The molecule has 1 aromatic heterocycles. The number of aliphatic hydroxyl groups excluding tert-OH is 1. The van der Waals surface area contributed by atoms with Crippen molar-refractivity contribution in [1.82, 2.24) is 10.2 Å². The lowest BCUT2D eigenvalue weighted by Gasteiger charge is -2.35. The van der Waals surface area contributed by atoms with Gasteiger partial charge in [0, 0.05) is 6.54 Å². The van der Waals surface area contributed by atoms with Crippen LogP contribution in [0.4, 0.5) is 0 Å². The lowest BCUT2D eigenvalue weighted by atomic mass is 10.0. The van der Waals surface area contributed by atoms with E-state index in [9.17, 15) is 14.7 Å². The Kier molecular flexibility index (Phi) is 5.76. The number of nitrogens with zero attached hydrogens (tertiary/aromatic N) is 1. The molecule has 0 aliphatic carbocycles. The fourth-order valence-electron chi connectivity index (χ4n) is 2.56. The van der Waals surface area contributed by atoms with Gasteiger partial charge in [-0.05, 0) is 37.1 Å². The Labute approximate surface area is 129 Å². The molecule has 0 spiro atoms. The molecular formula is C15H22N2O3S. The minimum absolute atomic E-state index is 0.0677. The number of carbonyl (C=O) groups is 2. The van der Waals surface area contributed by atoms with Gasteiger partial charge in [0.05, 0.1) is 17.5 Å². The number of carbonyl (C=O) groups excluding carboxylic acids is 2. The van der Waals surface area contributed by atoms with Crippen molar-refractivity contribution in [2.75, 3.05) is 13.2 Å². The normalized spacial score (nSPS) is 20.1. The Morgan fingerprint density at radius 3 is 2.95 bits per heavy atom. The highest BCUT2D eigenvalue weighted by atomic mass is 32.1. The maximum atomic E-state index is 12.5. The van der Waals surface area contributed by atoms with Gasteiger partial charge in [0.1, 0.15) is 6.04 Å². The zero-order valence-electron chi connectivity index (χ0n) is 12.2. The molecule has 2 unspecified atom stereocenters. The third-order valence-corrected chi connectivity index (χ3v) is 4.72. The van der Waals surface area contributed by atoms with Crippen LogP contribution < -0.4 is 5.32 Å². The van der Waals surface area contributed by atoms with Crippen LogP contribution in [0.5, 0.6) is 0 Å². The minimum Gasteiger partial charge on any atom is -0.394 e. The number of hydrogen-bond donors (Lipinski definition) is 2. The molecule has 21 heavy (non-hydrogen) atoms. The zero-order chi connectivity index (χ0) is 15.2. The SMILES string of the molecule is CCC(CO)NC(=O)C1CCCCN1C(=O)c1cccs1. The minimum atomic E-state index is -0.422. The number of thiophene rings is 1. The number of amides is 2. The van der Waals surface area contributed by atoms with Gasteiger partial charge in [-0.2, -0.15) is 0 Å². The van der Waals surface area contributed by atoms with E-state index in [1.807, 2.05) is 18.4 Å². The summed E-state index contributed by atoms with van der Waals surface area (Å²) in [5, 5.41) is 13.9. The van der Waals surface area contributed by atoms with E-state index in [0.717, 1.165) is 12.8 Å². The van der Waals surface area contributed by atoms with Crippen LogP contribution in [0.2, 0.25) is 0 Å². The molecule has 0 bridgehead atoms. The van der Waals surface area contributed by atoms with Crippen LogP contribution in [0.3, 0.4) is 0 Å².